The second-order valence-corrected chi connectivity index (χ2v) is 5.17. The third-order valence-electron chi connectivity index (χ3n) is 3.82. The van der Waals surface area contributed by atoms with Crippen molar-refractivity contribution in [2.24, 2.45) is 4.99 Å². The summed E-state index contributed by atoms with van der Waals surface area (Å²) in [7, 11) is 2.07. The van der Waals surface area contributed by atoms with Crippen LogP contribution in [0.2, 0.25) is 0 Å². The summed E-state index contributed by atoms with van der Waals surface area (Å²) in [6.45, 7) is 3.32. The highest BCUT2D eigenvalue weighted by atomic mass is 16.5. The third kappa shape index (κ3) is 2.51. The molecule has 0 saturated carbocycles. The lowest BCUT2D eigenvalue weighted by Gasteiger charge is -2.34. The van der Waals surface area contributed by atoms with Crippen LogP contribution in [0.5, 0.6) is 0 Å². The maximum absolute atomic E-state index is 12.6. The van der Waals surface area contributed by atoms with Gasteiger partial charge in [0.15, 0.2) is 18.5 Å². The van der Waals surface area contributed by atoms with Gasteiger partial charge in [0.05, 0.1) is 0 Å². The van der Waals surface area contributed by atoms with Gasteiger partial charge in [-0.15, -0.1) is 0 Å². The Morgan fingerprint density at radius 2 is 1.95 bits per heavy atom. The van der Waals surface area contributed by atoms with Gasteiger partial charge >= 0.3 is 0 Å². The van der Waals surface area contributed by atoms with Crippen LogP contribution in [-0.4, -0.2) is 66.4 Å². The molecule has 1 aromatic rings. The molecule has 0 spiro atoms. The molecular formula is C14H18N4O2. The van der Waals surface area contributed by atoms with Gasteiger partial charge in [-0.1, -0.05) is 0 Å². The number of hydrogen-bond donors (Lipinski definition) is 0. The molecule has 1 fully saturated rings. The van der Waals surface area contributed by atoms with E-state index < -0.39 is 6.04 Å². The lowest BCUT2D eigenvalue weighted by atomic mass is 10.0. The van der Waals surface area contributed by atoms with Crippen LogP contribution < -0.4 is 0 Å². The zero-order valence-electron chi connectivity index (χ0n) is 11.5. The molecule has 2 atom stereocenters. The molecule has 0 radical (unpaired) electrons. The molecule has 1 saturated heterocycles. The predicted molar refractivity (Wildman–Crippen MR) is 74.4 cm³/mol. The molecule has 6 nitrogen and oxygen atoms in total. The number of rotatable bonds is 2. The van der Waals surface area contributed by atoms with E-state index in [1.54, 1.807) is 12.4 Å². The van der Waals surface area contributed by atoms with E-state index in [4.69, 9.17) is 4.74 Å². The number of hydrogen-bond acceptors (Lipinski definition) is 5. The Labute approximate surface area is 118 Å². The zero-order valence-corrected chi connectivity index (χ0v) is 11.5. The topological polar surface area (TPSA) is 58.0 Å². The number of pyridine rings is 1. The number of aliphatic imine (C=N–C) groups is 1. The van der Waals surface area contributed by atoms with E-state index in [9.17, 15) is 4.79 Å². The fourth-order valence-electron chi connectivity index (χ4n) is 2.54. The van der Waals surface area contributed by atoms with E-state index in [2.05, 4.69) is 21.9 Å². The maximum Gasteiger partial charge on any atom is 0.251 e. The summed E-state index contributed by atoms with van der Waals surface area (Å²) in [6, 6.07) is 3.26. The maximum atomic E-state index is 12.6. The Bertz CT molecular complexity index is 497. The van der Waals surface area contributed by atoms with Gasteiger partial charge in [0.1, 0.15) is 0 Å². The Kier molecular flexibility index (Phi) is 3.64. The molecule has 6 heteroatoms. The number of carbonyl (C=O) groups excluding carboxylic acids is 1. The van der Waals surface area contributed by atoms with Gasteiger partial charge < -0.3 is 14.5 Å². The Morgan fingerprint density at radius 3 is 2.65 bits per heavy atom. The number of piperazine rings is 1. The lowest BCUT2D eigenvalue weighted by Crippen LogP contribution is -2.50. The minimum atomic E-state index is -0.471. The van der Waals surface area contributed by atoms with Crippen molar-refractivity contribution in [2.75, 3.05) is 33.2 Å². The summed E-state index contributed by atoms with van der Waals surface area (Å²) in [5, 5.41) is 0. The predicted octanol–water partition coefficient (Wildman–Crippen LogP) is 0.324. The summed E-state index contributed by atoms with van der Waals surface area (Å²) >= 11 is 0. The van der Waals surface area contributed by atoms with E-state index in [0.717, 1.165) is 31.7 Å². The summed E-state index contributed by atoms with van der Waals surface area (Å²) in [6.07, 6.45) is 4.47. The second-order valence-electron chi connectivity index (χ2n) is 5.17. The molecular weight excluding hydrogens is 256 g/mol. The molecule has 20 heavy (non-hydrogen) atoms. The van der Waals surface area contributed by atoms with Crippen LogP contribution in [0.4, 0.5) is 0 Å². The van der Waals surface area contributed by atoms with Gasteiger partial charge in [-0.2, -0.15) is 0 Å². The van der Waals surface area contributed by atoms with Crippen molar-refractivity contribution in [1.29, 1.82) is 0 Å². The molecule has 2 aliphatic rings. The molecule has 3 rings (SSSR count). The largest absolute Gasteiger partial charge is 0.473 e. The molecule has 106 valence electrons. The first kappa shape index (κ1) is 13.1. The molecule has 1 amide bonds. The average molecular weight is 274 g/mol. The highest BCUT2D eigenvalue weighted by molar-refractivity contribution is 5.85. The molecule has 1 aromatic heterocycles. The number of likely N-dealkylation sites (N-methyl/N-ethyl adjacent to an activating group) is 1. The molecule has 2 unspecified atom stereocenters. The molecule has 0 aliphatic carbocycles. The van der Waals surface area contributed by atoms with Crippen molar-refractivity contribution in [3.8, 4) is 0 Å². The van der Waals surface area contributed by atoms with Gasteiger partial charge in [0, 0.05) is 38.6 Å². The van der Waals surface area contributed by atoms with Crippen LogP contribution in [-0.2, 0) is 9.53 Å². The molecule has 0 aromatic carbocycles. The number of ether oxygens (including phenoxy) is 1. The van der Waals surface area contributed by atoms with E-state index in [1.807, 2.05) is 17.0 Å². The van der Waals surface area contributed by atoms with E-state index >= 15 is 0 Å². The molecule has 0 N–H and O–H groups in total. The van der Waals surface area contributed by atoms with Crippen LogP contribution >= 0.6 is 0 Å². The minimum absolute atomic E-state index is 0.0497. The second kappa shape index (κ2) is 5.58. The van der Waals surface area contributed by atoms with Crippen molar-refractivity contribution >= 4 is 12.3 Å². The zero-order chi connectivity index (χ0) is 13.9. The normalized spacial score (nSPS) is 26.6. The van der Waals surface area contributed by atoms with E-state index in [0.29, 0.717) is 0 Å². The fraction of sp³-hybridized carbons (Fsp3) is 0.500. The molecule has 0 bridgehead atoms. The van der Waals surface area contributed by atoms with Gasteiger partial charge in [-0.05, 0) is 24.7 Å². The Hall–Kier alpha value is -1.95. The van der Waals surface area contributed by atoms with Crippen LogP contribution in [0, 0.1) is 0 Å². The molecule has 3 heterocycles. The van der Waals surface area contributed by atoms with Crippen molar-refractivity contribution < 1.29 is 9.53 Å². The van der Waals surface area contributed by atoms with Crippen molar-refractivity contribution in [1.82, 2.24) is 14.8 Å². The average Bonchev–Trinajstić information content (AvgIpc) is 2.97. The first-order valence-corrected chi connectivity index (χ1v) is 6.80. The van der Waals surface area contributed by atoms with E-state index in [-0.39, 0.29) is 12.0 Å². The summed E-state index contributed by atoms with van der Waals surface area (Å²) < 4.78 is 5.51. The monoisotopic (exact) mass is 274 g/mol. The van der Waals surface area contributed by atoms with Gasteiger partial charge in [-0.25, -0.2) is 4.99 Å². The number of carbonyl (C=O) groups is 1. The van der Waals surface area contributed by atoms with Gasteiger partial charge in [0.2, 0.25) is 0 Å². The highest BCUT2D eigenvalue weighted by Gasteiger charge is 2.37. The number of aromatic nitrogens is 1. The van der Waals surface area contributed by atoms with Crippen LogP contribution in [0.25, 0.3) is 0 Å². The SMILES string of the molecule is CN1CCN(C(=O)C2N=COC2c2ccncc2)CC1. The first-order valence-electron chi connectivity index (χ1n) is 6.80. The fourth-order valence-corrected chi connectivity index (χ4v) is 2.54. The quantitative estimate of drug-likeness (QED) is 0.779. The van der Waals surface area contributed by atoms with Crippen molar-refractivity contribution in [2.45, 2.75) is 12.1 Å². The summed E-state index contributed by atoms with van der Waals surface area (Å²) in [5.74, 6) is 0.0497. The summed E-state index contributed by atoms with van der Waals surface area (Å²) in [4.78, 5) is 24.9. The number of amides is 1. The van der Waals surface area contributed by atoms with Gasteiger partial charge in [0.25, 0.3) is 5.91 Å². The summed E-state index contributed by atoms with van der Waals surface area (Å²) in [5.41, 5.74) is 0.935. The van der Waals surface area contributed by atoms with E-state index in [1.165, 1.54) is 6.40 Å². The van der Waals surface area contributed by atoms with Crippen LogP contribution in [0.3, 0.4) is 0 Å². The first-order chi connectivity index (χ1) is 9.75. The standard InChI is InChI=1S/C14H18N4O2/c1-17-6-8-18(9-7-17)14(19)12-13(20-10-16-12)11-2-4-15-5-3-11/h2-5,10,12-13H,6-9H2,1H3. The highest BCUT2D eigenvalue weighted by Crippen LogP contribution is 2.28. The Morgan fingerprint density at radius 1 is 1.25 bits per heavy atom. The smallest absolute Gasteiger partial charge is 0.251 e. The van der Waals surface area contributed by atoms with Crippen molar-refractivity contribution in [3.63, 3.8) is 0 Å². The lowest BCUT2D eigenvalue weighted by molar-refractivity contribution is -0.135. The Balaban J connectivity index is 1.72. The van der Waals surface area contributed by atoms with Crippen LogP contribution in [0.15, 0.2) is 29.5 Å². The van der Waals surface area contributed by atoms with Crippen LogP contribution in [0.1, 0.15) is 11.7 Å². The van der Waals surface area contributed by atoms with Crippen molar-refractivity contribution in [3.05, 3.63) is 30.1 Å². The minimum Gasteiger partial charge on any atom is -0.473 e. The third-order valence-corrected chi connectivity index (χ3v) is 3.82. The number of nitrogens with zero attached hydrogens (tertiary/aromatic N) is 4. The van der Waals surface area contributed by atoms with Gasteiger partial charge in [-0.3, -0.25) is 9.78 Å². The molecule has 2 aliphatic heterocycles.